The number of pyridine rings is 1. The van der Waals surface area contributed by atoms with Crippen LogP contribution in [0, 0.1) is 6.92 Å². The molecule has 0 saturated carbocycles. The summed E-state index contributed by atoms with van der Waals surface area (Å²) >= 11 is 6.11. The third-order valence-corrected chi connectivity index (χ3v) is 4.29. The molecule has 0 saturated heterocycles. The normalized spacial score (nSPS) is 14.2. The Labute approximate surface area is 147 Å². The quantitative estimate of drug-likeness (QED) is 0.791. The molecule has 0 aliphatic carbocycles. The van der Waals surface area contributed by atoms with Crippen LogP contribution in [0.5, 0.6) is 11.6 Å². The van der Waals surface area contributed by atoms with E-state index in [2.05, 4.69) is 41.7 Å². The van der Waals surface area contributed by atoms with Gasteiger partial charge in [-0.05, 0) is 62.2 Å². The van der Waals surface area contributed by atoms with E-state index in [1.54, 1.807) is 18.3 Å². The van der Waals surface area contributed by atoms with Gasteiger partial charge in [0, 0.05) is 24.5 Å². The number of allylic oxidation sites excluding steroid dienone is 1. The highest BCUT2D eigenvalue weighted by molar-refractivity contribution is 6.31. The van der Waals surface area contributed by atoms with Crippen molar-refractivity contribution < 1.29 is 4.74 Å². The molecule has 3 rings (SSSR count). The lowest BCUT2D eigenvalue weighted by Gasteiger charge is -2.29. The zero-order valence-corrected chi connectivity index (χ0v) is 14.8. The predicted octanol–water partition coefficient (Wildman–Crippen LogP) is 4.93. The van der Waals surface area contributed by atoms with Gasteiger partial charge in [0.2, 0.25) is 5.88 Å². The molecular formula is C19H20ClN3O. The minimum atomic E-state index is 0.418. The highest BCUT2D eigenvalue weighted by Gasteiger charge is 2.18. The second-order valence-electron chi connectivity index (χ2n) is 5.71. The van der Waals surface area contributed by atoms with Crippen LogP contribution in [0.2, 0.25) is 5.02 Å². The average molecular weight is 342 g/mol. The summed E-state index contributed by atoms with van der Waals surface area (Å²) in [5, 5.41) is 0.499. The fraction of sp³-hybridized carbons (Fsp3) is 0.263. The number of hydrogen-bond acceptors (Lipinski definition) is 4. The third kappa shape index (κ3) is 3.29. The van der Waals surface area contributed by atoms with Crippen molar-refractivity contribution in [1.29, 1.82) is 0 Å². The van der Waals surface area contributed by atoms with Gasteiger partial charge in [-0.15, -0.1) is 0 Å². The highest BCUT2D eigenvalue weighted by atomic mass is 35.5. The van der Waals surface area contributed by atoms with Crippen molar-refractivity contribution in [1.82, 2.24) is 9.88 Å². The van der Waals surface area contributed by atoms with E-state index in [0.29, 0.717) is 17.6 Å². The number of hydrogen-bond donors (Lipinski definition) is 0. The number of halogens is 1. The zero-order chi connectivity index (χ0) is 17.1. The Bertz CT molecular complexity index is 814. The molecule has 0 N–H and O–H groups in total. The van der Waals surface area contributed by atoms with Crippen LogP contribution in [0.3, 0.4) is 0 Å². The first-order chi connectivity index (χ1) is 11.6. The molecule has 2 aromatic rings. The summed E-state index contributed by atoms with van der Waals surface area (Å²) in [6, 6.07) is 9.60. The molecule has 1 aromatic carbocycles. The van der Waals surface area contributed by atoms with Gasteiger partial charge >= 0.3 is 0 Å². The minimum Gasteiger partial charge on any atom is -0.438 e. The maximum absolute atomic E-state index is 6.11. The second kappa shape index (κ2) is 7.05. The van der Waals surface area contributed by atoms with Crippen LogP contribution in [-0.4, -0.2) is 29.3 Å². The SMILES string of the molecule is CCN1CN=CC(C)=C1c1ccc(Oc2ncccc2Cl)cc1C. The van der Waals surface area contributed by atoms with Gasteiger partial charge in [0.1, 0.15) is 17.4 Å². The van der Waals surface area contributed by atoms with Crippen LogP contribution in [0.25, 0.3) is 5.70 Å². The molecule has 0 radical (unpaired) electrons. The smallest absolute Gasteiger partial charge is 0.238 e. The Morgan fingerprint density at radius 1 is 1.25 bits per heavy atom. The van der Waals surface area contributed by atoms with Gasteiger partial charge in [0.05, 0.1) is 5.70 Å². The number of rotatable bonds is 4. The number of aromatic nitrogens is 1. The summed E-state index contributed by atoms with van der Waals surface area (Å²) < 4.78 is 5.81. The van der Waals surface area contributed by atoms with Crippen LogP contribution in [-0.2, 0) is 0 Å². The molecule has 0 fully saturated rings. The first kappa shape index (κ1) is 16.5. The van der Waals surface area contributed by atoms with Gasteiger partial charge in [-0.1, -0.05) is 11.6 Å². The Balaban J connectivity index is 1.93. The molecule has 124 valence electrons. The molecule has 1 aliphatic rings. The van der Waals surface area contributed by atoms with E-state index in [0.717, 1.165) is 17.9 Å². The molecule has 0 atom stereocenters. The lowest BCUT2D eigenvalue weighted by Crippen LogP contribution is -2.26. The molecular weight excluding hydrogens is 322 g/mol. The van der Waals surface area contributed by atoms with Crippen molar-refractivity contribution in [2.75, 3.05) is 13.2 Å². The summed E-state index contributed by atoms with van der Waals surface area (Å²) in [5.41, 5.74) is 4.74. The molecule has 2 heterocycles. The van der Waals surface area contributed by atoms with Crippen LogP contribution in [0.4, 0.5) is 0 Å². The van der Waals surface area contributed by atoms with Crippen LogP contribution >= 0.6 is 11.6 Å². The van der Waals surface area contributed by atoms with Crippen molar-refractivity contribution in [3.05, 3.63) is 58.3 Å². The van der Waals surface area contributed by atoms with Crippen molar-refractivity contribution in [2.45, 2.75) is 20.8 Å². The van der Waals surface area contributed by atoms with Gasteiger partial charge in [0.15, 0.2) is 0 Å². The van der Waals surface area contributed by atoms with Gasteiger partial charge in [-0.3, -0.25) is 4.99 Å². The van der Waals surface area contributed by atoms with Crippen LogP contribution in [0.1, 0.15) is 25.0 Å². The summed E-state index contributed by atoms with van der Waals surface area (Å²) in [6.45, 7) is 7.94. The largest absolute Gasteiger partial charge is 0.438 e. The van der Waals surface area contributed by atoms with Crippen molar-refractivity contribution in [2.24, 2.45) is 4.99 Å². The molecule has 0 spiro atoms. The average Bonchev–Trinajstić information content (AvgIpc) is 2.57. The van der Waals surface area contributed by atoms with Gasteiger partial charge < -0.3 is 9.64 Å². The fourth-order valence-electron chi connectivity index (χ4n) is 2.82. The first-order valence-electron chi connectivity index (χ1n) is 7.95. The number of ether oxygens (including phenoxy) is 1. The van der Waals surface area contributed by atoms with E-state index in [1.807, 2.05) is 18.3 Å². The molecule has 1 aliphatic heterocycles. The number of nitrogens with zero attached hydrogens (tertiary/aromatic N) is 3. The van der Waals surface area contributed by atoms with Gasteiger partial charge in [-0.25, -0.2) is 4.98 Å². The van der Waals surface area contributed by atoms with Crippen molar-refractivity contribution in [3.63, 3.8) is 0 Å². The molecule has 0 bridgehead atoms. The maximum Gasteiger partial charge on any atom is 0.238 e. The Morgan fingerprint density at radius 3 is 2.79 bits per heavy atom. The van der Waals surface area contributed by atoms with Crippen LogP contribution in [0.15, 0.2) is 47.1 Å². The monoisotopic (exact) mass is 341 g/mol. The van der Waals surface area contributed by atoms with Gasteiger partial charge in [0.25, 0.3) is 0 Å². The van der Waals surface area contributed by atoms with Gasteiger partial charge in [-0.2, -0.15) is 0 Å². The number of aryl methyl sites for hydroxylation is 1. The predicted molar refractivity (Wildman–Crippen MR) is 98.8 cm³/mol. The van der Waals surface area contributed by atoms with E-state index in [4.69, 9.17) is 16.3 Å². The molecule has 0 amide bonds. The second-order valence-corrected chi connectivity index (χ2v) is 6.12. The summed E-state index contributed by atoms with van der Waals surface area (Å²) in [6.07, 6.45) is 3.61. The highest BCUT2D eigenvalue weighted by Crippen LogP contribution is 2.32. The number of aliphatic imine (C=N–C) groups is 1. The van der Waals surface area contributed by atoms with E-state index in [1.165, 1.54) is 16.8 Å². The molecule has 4 nitrogen and oxygen atoms in total. The maximum atomic E-state index is 6.11. The standard InChI is InChI=1S/C19H20ClN3O/c1-4-23-12-21-11-14(3)18(23)16-8-7-15(10-13(16)2)24-19-17(20)6-5-9-22-19/h5-11H,4,12H2,1-3H3. The van der Waals surface area contributed by atoms with E-state index in [9.17, 15) is 0 Å². The topological polar surface area (TPSA) is 37.7 Å². The van der Waals surface area contributed by atoms with Crippen molar-refractivity contribution in [3.8, 4) is 11.6 Å². The van der Waals surface area contributed by atoms with E-state index < -0.39 is 0 Å². The Morgan fingerprint density at radius 2 is 2.08 bits per heavy atom. The molecule has 0 unspecified atom stereocenters. The summed E-state index contributed by atoms with van der Waals surface area (Å²) in [7, 11) is 0. The molecule has 5 heteroatoms. The lowest BCUT2D eigenvalue weighted by molar-refractivity contribution is 0.427. The Kier molecular flexibility index (Phi) is 4.86. The van der Waals surface area contributed by atoms with Crippen molar-refractivity contribution >= 4 is 23.5 Å². The zero-order valence-electron chi connectivity index (χ0n) is 14.1. The summed E-state index contributed by atoms with van der Waals surface area (Å²) in [4.78, 5) is 10.8. The molecule has 24 heavy (non-hydrogen) atoms. The minimum absolute atomic E-state index is 0.418. The third-order valence-electron chi connectivity index (χ3n) is 4.00. The summed E-state index contributed by atoms with van der Waals surface area (Å²) in [5.74, 6) is 1.14. The first-order valence-corrected chi connectivity index (χ1v) is 8.33. The fourth-order valence-corrected chi connectivity index (χ4v) is 2.98. The van der Waals surface area contributed by atoms with E-state index >= 15 is 0 Å². The van der Waals surface area contributed by atoms with Crippen LogP contribution < -0.4 is 4.74 Å². The van der Waals surface area contributed by atoms with E-state index in [-0.39, 0.29) is 0 Å². The Hall–Kier alpha value is -2.33. The number of benzene rings is 1. The lowest BCUT2D eigenvalue weighted by atomic mass is 10.0. The molecule has 1 aromatic heterocycles.